The Bertz CT molecular complexity index is 726. The lowest BCUT2D eigenvalue weighted by Gasteiger charge is -2.05. The van der Waals surface area contributed by atoms with Crippen LogP contribution in [0.2, 0.25) is 0 Å². The summed E-state index contributed by atoms with van der Waals surface area (Å²) < 4.78 is 10.2. The number of carbonyl (C=O) groups is 1. The van der Waals surface area contributed by atoms with E-state index in [1.807, 2.05) is 42.5 Å². The molecule has 0 unspecified atom stereocenters. The van der Waals surface area contributed by atoms with Crippen molar-refractivity contribution < 1.29 is 13.9 Å². The number of rotatable bonds is 2. The fraction of sp³-hybridized carbons (Fsp3) is 0.0625. The van der Waals surface area contributed by atoms with Gasteiger partial charge >= 0.3 is 5.97 Å². The highest BCUT2D eigenvalue weighted by atomic mass is 16.5. The molecule has 0 amide bonds. The maximum absolute atomic E-state index is 11.8. The molecule has 0 atom stereocenters. The molecule has 1 aromatic heterocycles. The quantitative estimate of drug-likeness (QED) is 0.649. The first-order valence-corrected chi connectivity index (χ1v) is 5.94. The number of hydrogen-bond acceptors (Lipinski definition) is 3. The van der Waals surface area contributed by atoms with E-state index >= 15 is 0 Å². The molecule has 0 aliphatic heterocycles. The molecule has 0 aliphatic carbocycles. The van der Waals surface area contributed by atoms with Crippen LogP contribution >= 0.6 is 0 Å². The zero-order valence-corrected chi connectivity index (χ0v) is 10.4. The predicted molar refractivity (Wildman–Crippen MR) is 73.0 cm³/mol. The molecule has 0 saturated heterocycles. The summed E-state index contributed by atoms with van der Waals surface area (Å²) in [6.45, 7) is 0. The van der Waals surface area contributed by atoms with Crippen LogP contribution in [0.5, 0.6) is 0 Å². The maximum Gasteiger partial charge on any atom is 0.341 e. The summed E-state index contributed by atoms with van der Waals surface area (Å²) in [6.07, 6.45) is 1.58. The third-order valence-corrected chi connectivity index (χ3v) is 3.06. The molecule has 0 fully saturated rings. The topological polar surface area (TPSA) is 39.4 Å². The minimum absolute atomic E-state index is 0.391. The van der Waals surface area contributed by atoms with E-state index in [9.17, 15) is 4.79 Å². The van der Waals surface area contributed by atoms with E-state index < -0.39 is 5.97 Å². The molecule has 94 valence electrons. The second-order valence-electron chi connectivity index (χ2n) is 4.22. The van der Waals surface area contributed by atoms with Crippen LogP contribution in [0.15, 0.2) is 59.2 Å². The number of esters is 1. The molecule has 0 saturated carbocycles. The smallest absolute Gasteiger partial charge is 0.341 e. The van der Waals surface area contributed by atoms with Crippen LogP contribution in [-0.4, -0.2) is 13.1 Å². The third-order valence-electron chi connectivity index (χ3n) is 3.06. The molecular weight excluding hydrogens is 240 g/mol. The Balaban J connectivity index is 2.25. The van der Waals surface area contributed by atoms with E-state index in [1.54, 1.807) is 12.3 Å². The summed E-state index contributed by atoms with van der Waals surface area (Å²) in [5.74, 6) is -0.391. The first-order chi connectivity index (χ1) is 9.29. The Kier molecular flexibility index (Phi) is 2.80. The van der Waals surface area contributed by atoms with Gasteiger partial charge in [-0.2, -0.15) is 0 Å². The fourth-order valence-electron chi connectivity index (χ4n) is 2.14. The van der Waals surface area contributed by atoms with E-state index in [0.717, 1.165) is 16.5 Å². The van der Waals surface area contributed by atoms with Crippen LogP contribution in [0.1, 0.15) is 10.4 Å². The minimum Gasteiger partial charge on any atom is -0.465 e. The number of furan rings is 1. The zero-order chi connectivity index (χ0) is 13.2. The number of carbonyl (C=O) groups excluding carboxylic acids is 1. The molecule has 2 aromatic carbocycles. The number of hydrogen-bond donors (Lipinski definition) is 0. The average molecular weight is 252 g/mol. The molecular formula is C16H12O3. The van der Waals surface area contributed by atoms with Gasteiger partial charge in [0.15, 0.2) is 0 Å². The normalized spacial score (nSPS) is 10.6. The lowest BCUT2D eigenvalue weighted by Crippen LogP contribution is -2.01. The van der Waals surface area contributed by atoms with Gasteiger partial charge in [0.25, 0.3) is 0 Å². The van der Waals surface area contributed by atoms with Gasteiger partial charge in [-0.15, -0.1) is 0 Å². The Morgan fingerprint density at radius 2 is 1.84 bits per heavy atom. The second kappa shape index (κ2) is 4.61. The second-order valence-corrected chi connectivity index (χ2v) is 4.22. The Morgan fingerprint density at radius 1 is 1.05 bits per heavy atom. The van der Waals surface area contributed by atoms with E-state index in [2.05, 4.69) is 0 Å². The molecule has 0 N–H and O–H groups in total. The average Bonchev–Trinajstić information content (AvgIpc) is 2.94. The van der Waals surface area contributed by atoms with Crippen LogP contribution in [-0.2, 0) is 4.74 Å². The van der Waals surface area contributed by atoms with E-state index in [1.165, 1.54) is 7.11 Å². The molecule has 0 radical (unpaired) electrons. The van der Waals surface area contributed by atoms with Gasteiger partial charge in [0.2, 0.25) is 0 Å². The van der Waals surface area contributed by atoms with Crippen LogP contribution in [0, 0.1) is 0 Å². The van der Waals surface area contributed by atoms with E-state index in [0.29, 0.717) is 11.1 Å². The van der Waals surface area contributed by atoms with Crippen molar-refractivity contribution in [1.82, 2.24) is 0 Å². The molecule has 0 bridgehead atoms. The molecule has 0 spiro atoms. The molecule has 3 nitrogen and oxygen atoms in total. The van der Waals surface area contributed by atoms with Crippen molar-refractivity contribution in [1.29, 1.82) is 0 Å². The van der Waals surface area contributed by atoms with Crippen LogP contribution in [0.3, 0.4) is 0 Å². The lowest BCUT2D eigenvalue weighted by atomic mass is 10.0. The van der Waals surface area contributed by atoms with Crippen molar-refractivity contribution in [3.8, 4) is 11.1 Å². The SMILES string of the molecule is COC(=O)c1cc(-c2ccccc2)cc2ccoc12. The first kappa shape index (κ1) is 11.5. The van der Waals surface area contributed by atoms with Gasteiger partial charge in [-0.3, -0.25) is 0 Å². The molecule has 3 aromatic rings. The third kappa shape index (κ3) is 1.99. The van der Waals surface area contributed by atoms with Gasteiger partial charge in [-0.25, -0.2) is 4.79 Å². The first-order valence-electron chi connectivity index (χ1n) is 5.94. The number of ether oxygens (including phenoxy) is 1. The summed E-state index contributed by atoms with van der Waals surface area (Å²) in [4.78, 5) is 11.8. The summed E-state index contributed by atoms with van der Waals surface area (Å²) in [5.41, 5.74) is 3.03. The van der Waals surface area contributed by atoms with E-state index in [-0.39, 0.29) is 0 Å². The predicted octanol–water partition coefficient (Wildman–Crippen LogP) is 3.89. The van der Waals surface area contributed by atoms with Gasteiger partial charge in [0.05, 0.1) is 13.4 Å². The molecule has 1 heterocycles. The Hall–Kier alpha value is -2.55. The van der Waals surface area contributed by atoms with Crippen molar-refractivity contribution in [3.63, 3.8) is 0 Å². The standard InChI is InChI=1S/C16H12O3/c1-18-16(17)14-10-13(11-5-3-2-4-6-11)9-12-7-8-19-15(12)14/h2-10H,1H3. The highest BCUT2D eigenvalue weighted by molar-refractivity contribution is 6.04. The van der Waals surface area contributed by atoms with Gasteiger partial charge in [0.1, 0.15) is 11.1 Å². The summed E-state index contributed by atoms with van der Waals surface area (Å²) in [5, 5.41) is 0.891. The maximum atomic E-state index is 11.8. The van der Waals surface area contributed by atoms with Crippen LogP contribution in [0.4, 0.5) is 0 Å². The highest BCUT2D eigenvalue weighted by Gasteiger charge is 2.15. The lowest BCUT2D eigenvalue weighted by molar-refractivity contribution is 0.0602. The molecule has 3 rings (SSSR count). The summed E-state index contributed by atoms with van der Waals surface area (Å²) in [7, 11) is 1.37. The van der Waals surface area contributed by atoms with Crippen LogP contribution in [0.25, 0.3) is 22.1 Å². The van der Waals surface area contributed by atoms with Crippen molar-refractivity contribution in [2.45, 2.75) is 0 Å². The van der Waals surface area contributed by atoms with Crippen molar-refractivity contribution in [3.05, 3.63) is 60.4 Å². The number of benzene rings is 2. The Morgan fingerprint density at radius 3 is 2.58 bits per heavy atom. The number of methoxy groups -OCH3 is 1. The van der Waals surface area contributed by atoms with Crippen molar-refractivity contribution in [2.75, 3.05) is 7.11 Å². The molecule has 19 heavy (non-hydrogen) atoms. The minimum atomic E-state index is -0.391. The molecule has 3 heteroatoms. The van der Waals surface area contributed by atoms with Crippen molar-refractivity contribution >= 4 is 16.9 Å². The molecule has 0 aliphatic rings. The van der Waals surface area contributed by atoms with Gasteiger partial charge in [-0.1, -0.05) is 30.3 Å². The number of fused-ring (bicyclic) bond motifs is 1. The van der Waals surface area contributed by atoms with Gasteiger partial charge in [-0.05, 0) is 29.3 Å². The largest absolute Gasteiger partial charge is 0.465 e. The van der Waals surface area contributed by atoms with Gasteiger partial charge in [0, 0.05) is 5.39 Å². The van der Waals surface area contributed by atoms with Crippen LogP contribution < -0.4 is 0 Å². The van der Waals surface area contributed by atoms with Gasteiger partial charge < -0.3 is 9.15 Å². The summed E-state index contributed by atoms with van der Waals surface area (Å²) >= 11 is 0. The zero-order valence-electron chi connectivity index (χ0n) is 10.4. The highest BCUT2D eigenvalue weighted by Crippen LogP contribution is 2.28. The fourth-order valence-corrected chi connectivity index (χ4v) is 2.14. The Labute approximate surface area is 110 Å². The summed E-state index contributed by atoms with van der Waals surface area (Å²) in [6, 6.07) is 15.5. The van der Waals surface area contributed by atoms with E-state index in [4.69, 9.17) is 9.15 Å². The monoisotopic (exact) mass is 252 g/mol. The van der Waals surface area contributed by atoms with Crippen molar-refractivity contribution in [2.24, 2.45) is 0 Å².